The summed E-state index contributed by atoms with van der Waals surface area (Å²) in [7, 11) is 1.79. The normalized spacial score (nSPS) is 10.4. The Morgan fingerprint density at radius 1 is 1.38 bits per heavy atom. The van der Waals surface area contributed by atoms with E-state index in [0.717, 1.165) is 11.1 Å². The zero-order valence-corrected chi connectivity index (χ0v) is 9.65. The molecule has 0 saturated carbocycles. The molecule has 84 valence electrons. The summed E-state index contributed by atoms with van der Waals surface area (Å²) in [4.78, 5) is 0. The highest BCUT2D eigenvalue weighted by Gasteiger charge is 2.01. The van der Waals surface area contributed by atoms with E-state index in [9.17, 15) is 0 Å². The average Bonchev–Trinajstić information content (AvgIpc) is 2.72. The summed E-state index contributed by atoms with van der Waals surface area (Å²) in [6.07, 6.45) is 0. The highest BCUT2D eigenvalue weighted by atomic mass is 35.5. The van der Waals surface area contributed by atoms with Crippen molar-refractivity contribution in [2.45, 2.75) is 12.4 Å². The third kappa shape index (κ3) is 2.49. The second-order valence-corrected chi connectivity index (χ2v) is 3.70. The van der Waals surface area contributed by atoms with E-state index in [2.05, 4.69) is 26.9 Å². The van der Waals surface area contributed by atoms with Crippen LogP contribution in [0.2, 0.25) is 0 Å². The molecule has 1 heterocycles. The smallest absolute Gasteiger partial charge is 0.242 e. The molecule has 0 aliphatic heterocycles. The predicted octanol–water partition coefficient (Wildman–Crippen LogP) is 1.56. The van der Waals surface area contributed by atoms with Crippen LogP contribution in [0.25, 0.3) is 0 Å². The van der Waals surface area contributed by atoms with Gasteiger partial charge < -0.3 is 5.32 Å². The quantitative estimate of drug-likeness (QED) is 0.820. The number of tetrazole rings is 1. The number of rotatable bonds is 4. The van der Waals surface area contributed by atoms with Crippen molar-refractivity contribution >= 4 is 17.5 Å². The van der Waals surface area contributed by atoms with Crippen molar-refractivity contribution in [3.8, 4) is 0 Å². The summed E-state index contributed by atoms with van der Waals surface area (Å²) in [6, 6.07) is 8.08. The van der Waals surface area contributed by atoms with Gasteiger partial charge >= 0.3 is 0 Å². The summed E-state index contributed by atoms with van der Waals surface area (Å²) in [5.41, 5.74) is 2.26. The molecule has 0 radical (unpaired) electrons. The Labute approximate surface area is 98.4 Å². The van der Waals surface area contributed by atoms with Gasteiger partial charge in [0.1, 0.15) is 0 Å². The molecular weight excluding hydrogens is 226 g/mol. The molecule has 2 aromatic rings. The maximum absolute atomic E-state index is 5.77. The van der Waals surface area contributed by atoms with E-state index in [1.54, 1.807) is 11.7 Å². The molecule has 0 amide bonds. The molecule has 5 nitrogen and oxygen atoms in total. The Balaban J connectivity index is 2.02. The number of benzene rings is 1. The molecule has 1 aromatic carbocycles. The number of halogens is 1. The minimum absolute atomic E-state index is 0.527. The van der Waals surface area contributed by atoms with Gasteiger partial charge in [-0.25, -0.2) is 4.68 Å². The fraction of sp³-hybridized carbons (Fsp3) is 0.300. The Morgan fingerprint density at radius 2 is 2.19 bits per heavy atom. The highest BCUT2D eigenvalue weighted by Crippen LogP contribution is 2.09. The van der Waals surface area contributed by atoms with Gasteiger partial charge in [0.05, 0.1) is 0 Å². The molecule has 0 bridgehead atoms. The number of nitrogens with zero attached hydrogens (tertiary/aromatic N) is 4. The van der Waals surface area contributed by atoms with Gasteiger partial charge in [0.15, 0.2) is 0 Å². The predicted molar refractivity (Wildman–Crippen MR) is 62.1 cm³/mol. The molecule has 0 aliphatic rings. The van der Waals surface area contributed by atoms with Crippen molar-refractivity contribution in [2.75, 3.05) is 5.32 Å². The number of nitrogens with one attached hydrogen (secondary N) is 1. The van der Waals surface area contributed by atoms with Crippen LogP contribution >= 0.6 is 11.6 Å². The van der Waals surface area contributed by atoms with Gasteiger partial charge in [0, 0.05) is 19.5 Å². The van der Waals surface area contributed by atoms with Crippen molar-refractivity contribution < 1.29 is 0 Å². The van der Waals surface area contributed by atoms with E-state index in [4.69, 9.17) is 11.6 Å². The molecule has 0 unspecified atom stereocenters. The van der Waals surface area contributed by atoms with E-state index in [0.29, 0.717) is 18.4 Å². The van der Waals surface area contributed by atoms with Crippen LogP contribution in [0, 0.1) is 0 Å². The number of anilines is 1. The Morgan fingerprint density at radius 3 is 2.88 bits per heavy atom. The molecule has 0 spiro atoms. The molecule has 2 rings (SSSR count). The first kappa shape index (κ1) is 10.9. The van der Waals surface area contributed by atoms with Crippen molar-refractivity contribution in [3.63, 3.8) is 0 Å². The summed E-state index contributed by atoms with van der Waals surface area (Å²) in [5.74, 6) is 1.18. The molecule has 1 N–H and O–H groups in total. The fourth-order valence-electron chi connectivity index (χ4n) is 1.38. The van der Waals surface area contributed by atoms with Crippen molar-refractivity contribution in [1.29, 1.82) is 0 Å². The SMILES string of the molecule is Cn1nnnc1NCc1cccc(CCl)c1. The van der Waals surface area contributed by atoms with E-state index in [1.165, 1.54) is 0 Å². The van der Waals surface area contributed by atoms with Gasteiger partial charge in [0.2, 0.25) is 5.95 Å². The Bertz CT molecular complexity index is 468. The van der Waals surface area contributed by atoms with Crippen molar-refractivity contribution in [2.24, 2.45) is 7.05 Å². The van der Waals surface area contributed by atoms with Gasteiger partial charge in [-0.05, 0) is 21.6 Å². The first-order valence-electron chi connectivity index (χ1n) is 4.89. The maximum atomic E-state index is 5.77. The van der Waals surface area contributed by atoms with Crippen LogP contribution in [-0.2, 0) is 19.5 Å². The first-order chi connectivity index (χ1) is 7.79. The zero-order valence-electron chi connectivity index (χ0n) is 8.89. The van der Waals surface area contributed by atoms with Crippen LogP contribution in [0.1, 0.15) is 11.1 Å². The van der Waals surface area contributed by atoms with Crippen LogP contribution in [-0.4, -0.2) is 20.2 Å². The fourth-order valence-corrected chi connectivity index (χ4v) is 1.55. The lowest BCUT2D eigenvalue weighted by atomic mass is 10.1. The zero-order chi connectivity index (χ0) is 11.4. The average molecular weight is 238 g/mol. The second kappa shape index (κ2) is 4.94. The van der Waals surface area contributed by atoms with E-state index in [1.807, 2.05) is 18.2 Å². The highest BCUT2D eigenvalue weighted by molar-refractivity contribution is 6.17. The summed E-state index contributed by atoms with van der Waals surface area (Å²) in [5, 5.41) is 14.3. The minimum Gasteiger partial charge on any atom is -0.349 e. The standard InChI is InChI=1S/C10H12ClN5/c1-16-10(13-14-15-16)12-7-9-4-2-3-8(5-9)6-11/h2-5H,6-7H2,1H3,(H,12,13,15). The number of aromatic nitrogens is 4. The van der Waals surface area contributed by atoms with Crippen molar-refractivity contribution in [3.05, 3.63) is 35.4 Å². The van der Waals surface area contributed by atoms with Crippen LogP contribution in [0.3, 0.4) is 0 Å². The summed E-state index contributed by atoms with van der Waals surface area (Å²) in [6.45, 7) is 0.680. The third-order valence-corrected chi connectivity index (χ3v) is 2.53. The van der Waals surface area contributed by atoms with Crippen molar-refractivity contribution in [1.82, 2.24) is 20.2 Å². The lowest BCUT2D eigenvalue weighted by Crippen LogP contribution is -2.05. The molecule has 16 heavy (non-hydrogen) atoms. The molecule has 0 aliphatic carbocycles. The molecule has 1 aromatic heterocycles. The Hall–Kier alpha value is -1.62. The van der Waals surface area contributed by atoms with E-state index < -0.39 is 0 Å². The minimum atomic E-state index is 0.527. The third-order valence-electron chi connectivity index (χ3n) is 2.22. The lowest BCUT2D eigenvalue weighted by molar-refractivity contribution is 0.712. The number of hydrogen-bond donors (Lipinski definition) is 1. The molecule has 0 atom stereocenters. The molecule has 6 heteroatoms. The van der Waals surface area contributed by atoms with Crippen LogP contribution in [0.15, 0.2) is 24.3 Å². The topological polar surface area (TPSA) is 55.6 Å². The number of aryl methyl sites for hydroxylation is 1. The number of hydrogen-bond acceptors (Lipinski definition) is 4. The molecular formula is C10H12ClN5. The van der Waals surface area contributed by atoms with Crippen LogP contribution in [0.4, 0.5) is 5.95 Å². The van der Waals surface area contributed by atoms with E-state index >= 15 is 0 Å². The largest absolute Gasteiger partial charge is 0.349 e. The molecule has 0 fully saturated rings. The number of alkyl halides is 1. The first-order valence-corrected chi connectivity index (χ1v) is 5.43. The second-order valence-electron chi connectivity index (χ2n) is 3.43. The lowest BCUT2D eigenvalue weighted by Gasteiger charge is -2.05. The Kier molecular flexibility index (Phi) is 3.36. The van der Waals surface area contributed by atoms with Crippen LogP contribution < -0.4 is 5.32 Å². The summed E-state index contributed by atoms with van der Waals surface area (Å²) < 4.78 is 1.59. The van der Waals surface area contributed by atoms with Gasteiger partial charge in [-0.15, -0.1) is 11.6 Å². The van der Waals surface area contributed by atoms with E-state index in [-0.39, 0.29) is 0 Å². The van der Waals surface area contributed by atoms with Gasteiger partial charge in [-0.2, -0.15) is 0 Å². The maximum Gasteiger partial charge on any atom is 0.242 e. The summed E-state index contributed by atoms with van der Waals surface area (Å²) >= 11 is 5.77. The van der Waals surface area contributed by atoms with Gasteiger partial charge in [-0.1, -0.05) is 29.4 Å². The van der Waals surface area contributed by atoms with Gasteiger partial charge in [-0.3, -0.25) is 0 Å². The van der Waals surface area contributed by atoms with Crippen LogP contribution in [0.5, 0.6) is 0 Å². The monoisotopic (exact) mass is 237 g/mol. The molecule has 0 saturated heterocycles. The van der Waals surface area contributed by atoms with Gasteiger partial charge in [0.25, 0.3) is 0 Å².